The maximum absolute atomic E-state index is 11.4. The predicted molar refractivity (Wildman–Crippen MR) is 61.0 cm³/mol. The van der Waals surface area contributed by atoms with Crippen LogP contribution in [0.25, 0.3) is 0 Å². The molecule has 13 heavy (non-hydrogen) atoms. The molecule has 0 saturated carbocycles. The number of carbonyl (C=O) groups excluding carboxylic acids is 1. The first-order valence-corrected chi connectivity index (χ1v) is 5.37. The summed E-state index contributed by atoms with van der Waals surface area (Å²) in [6, 6.07) is 5.21. The maximum atomic E-state index is 11.4. The van der Waals surface area contributed by atoms with Crippen molar-refractivity contribution in [2.45, 2.75) is 17.2 Å². The average Bonchev–Trinajstić information content (AvgIpc) is 2.08. The van der Waals surface area contributed by atoms with Crippen LogP contribution in [0, 0.1) is 0 Å². The molecule has 0 amide bonds. The lowest BCUT2D eigenvalue weighted by molar-refractivity contribution is 0.0991. The van der Waals surface area contributed by atoms with Crippen LogP contribution in [0.1, 0.15) is 17.3 Å². The molecule has 0 aliphatic carbocycles. The fraction of sp³-hybridized carbons (Fsp3) is 0.222. The van der Waals surface area contributed by atoms with E-state index in [1.54, 1.807) is 25.1 Å². The quantitative estimate of drug-likeness (QED) is 0.498. The van der Waals surface area contributed by atoms with E-state index in [-0.39, 0.29) is 5.78 Å². The highest BCUT2D eigenvalue weighted by Gasteiger charge is 2.12. The van der Waals surface area contributed by atoms with Gasteiger partial charge in [0, 0.05) is 14.9 Å². The van der Waals surface area contributed by atoms with E-state index >= 15 is 0 Å². The Morgan fingerprint density at radius 2 is 2.23 bits per heavy atom. The molecule has 0 radical (unpaired) electrons. The zero-order chi connectivity index (χ0) is 10.0. The molecule has 0 N–H and O–H groups in total. The van der Waals surface area contributed by atoms with E-state index in [2.05, 4.69) is 28.6 Å². The Morgan fingerprint density at radius 1 is 1.62 bits per heavy atom. The van der Waals surface area contributed by atoms with E-state index in [0.717, 1.165) is 9.37 Å². The van der Waals surface area contributed by atoms with Crippen LogP contribution in [0.3, 0.4) is 0 Å². The number of thiol groups is 1. The molecule has 4 heteroatoms. The van der Waals surface area contributed by atoms with Crippen molar-refractivity contribution in [1.29, 1.82) is 0 Å². The monoisotopic (exact) mass is 278 g/mol. The second-order valence-electron chi connectivity index (χ2n) is 2.65. The Hall–Kier alpha value is 0.01000. The zero-order valence-corrected chi connectivity index (χ0v) is 10.2. The topological polar surface area (TPSA) is 17.1 Å². The highest BCUT2D eigenvalue weighted by molar-refractivity contribution is 9.10. The van der Waals surface area contributed by atoms with Crippen molar-refractivity contribution in [1.82, 2.24) is 0 Å². The minimum atomic E-state index is -0.488. The molecule has 0 bridgehead atoms. The number of halogens is 2. The summed E-state index contributed by atoms with van der Waals surface area (Å²) < 4.78 is 0.805. The Balaban J connectivity index is 3.04. The Bertz CT molecular complexity index is 338. The minimum absolute atomic E-state index is 0.0734. The van der Waals surface area contributed by atoms with Gasteiger partial charge in [0.2, 0.25) is 0 Å². The molecule has 0 aromatic heterocycles. The summed E-state index contributed by atoms with van der Waals surface area (Å²) in [6.45, 7) is 1.66. The summed E-state index contributed by atoms with van der Waals surface area (Å²) in [5, 5.41) is -0.488. The molecule has 0 fully saturated rings. The van der Waals surface area contributed by atoms with E-state index in [9.17, 15) is 4.79 Å². The lowest BCUT2D eigenvalue weighted by atomic mass is 10.1. The SMILES string of the molecule is CC(Cl)C(=O)c1ccc(S)c(Br)c1. The average molecular weight is 280 g/mol. The Labute approximate surface area is 96.0 Å². The van der Waals surface area contributed by atoms with Crippen molar-refractivity contribution in [3.05, 3.63) is 28.2 Å². The van der Waals surface area contributed by atoms with Crippen molar-refractivity contribution in [2.24, 2.45) is 0 Å². The van der Waals surface area contributed by atoms with Gasteiger partial charge in [-0.25, -0.2) is 0 Å². The van der Waals surface area contributed by atoms with E-state index in [0.29, 0.717) is 5.56 Å². The van der Waals surface area contributed by atoms with Crippen molar-refractivity contribution in [3.63, 3.8) is 0 Å². The van der Waals surface area contributed by atoms with Gasteiger partial charge in [-0.3, -0.25) is 4.79 Å². The van der Waals surface area contributed by atoms with Gasteiger partial charge in [-0.1, -0.05) is 6.07 Å². The summed E-state index contributed by atoms with van der Waals surface area (Å²) >= 11 is 13.1. The molecule has 1 rings (SSSR count). The molecule has 1 unspecified atom stereocenters. The second-order valence-corrected chi connectivity index (χ2v) is 4.64. The molecule has 70 valence electrons. The van der Waals surface area contributed by atoms with Gasteiger partial charge in [-0.05, 0) is 35.0 Å². The molecule has 1 atom stereocenters. The predicted octanol–water partition coefficient (Wildman–Crippen LogP) is 3.55. The van der Waals surface area contributed by atoms with Gasteiger partial charge >= 0.3 is 0 Å². The zero-order valence-electron chi connectivity index (χ0n) is 6.92. The first-order valence-electron chi connectivity index (χ1n) is 3.69. The molecule has 0 heterocycles. The normalized spacial score (nSPS) is 12.6. The van der Waals surface area contributed by atoms with E-state index in [1.165, 1.54) is 0 Å². The highest BCUT2D eigenvalue weighted by atomic mass is 79.9. The van der Waals surface area contributed by atoms with Crippen molar-refractivity contribution in [3.8, 4) is 0 Å². The van der Waals surface area contributed by atoms with Gasteiger partial charge < -0.3 is 0 Å². The number of hydrogen-bond acceptors (Lipinski definition) is 2. The van der Waals surface area contributed by atoms with Gasteiger partial charge in [-0.2, -0.15) is 0 Å². The number of carbonyl (C=O) groups is 1. The number of rotatable bonds is 2. The fourth-order valence-electron chi connectivity index (χ4n) is 0.890. The lowest BCUT2D eigenvalue weighted by Gasteiger charge is -2.04. The third-order valence-electron chi connectivity index (χ3n) is 1.59. The molecular formula is C9H8BrClOS. The van der Waals surface area contributed by atoms with Crippen LogP contribution in [0.2, 0.25) is 0 Å². The number of alkyl halides is 1. The molecule has 0 saturated heterocycles. The molecule has 1 nitrogen and oxygen atoms in total. The van der Waals surface area contributed by atoms with Gasteiger partial charge in [0.15, 0.2) is 5.78 Å². The van der Waals surface area contributed by atoms with E-state index in [1.807, 2.05) is 0 Å². The molecule has 0 aliphatic rings. The van der Waals surface area contributed by atoms with Crippen molar-refractivity contribution in [2.75, 3.05) is 0 Å². The summed E-state index contributed by atoms with van der Waals surface area (Å²) in [5.41, 5.74) is 0.604. The Morgan fingerprint density at radius 3 is 2.69 bits per heavy atom. The maximum Gasteiger partial charge on any atom is 0.180 e. The molecule has 1 aromatic carbocycles. The van der Waals surface area contributed by atoms with Gasteiger partial charge in [0.1, 0.15) is 0 Å². The standard InChI is InChI=1S/C9H8BrClOS/c1-5(11)9(12)6-2-3-8(13)7(10)4-6/h2-5,13H,1H3. The van der Waals surface area contributed by atoms with Crippen LogP contribution in [0.15, 0.2) is 27.6 Å². The first kappa shape index (κ1) is 11.1. The summed E-state index contributed by atoms with van der Waals surface area (Å²) in [6.07, 6.45) is 0. The van der Waals surface area contributed by atoms with Crippen LogP contribution >= 0.6 is 40.2 Å². The van der Waals surface area contributed by atoms with E-state index in [4.69, 9.17) is 11.6 Å². The van der Waals surface area contributed by atoms with Crippen LogP contribution in [-0.2, 0) is 0 Å². The van der Waals surface area contributed by atoms with Crippen LogP contribution in [0.4, 0.5) is 0 Å². The third kappa shape index (κ3) is 2.73. The van der Waals surface area contributed by atoms with Crippen molar-refractivity contribution < 1.29 is 4.79 Å². The first-order chi connectivity index (χ1) is 6.02. The molecule has 0 spiro atoms. The molecular weight excluding hydrogens is 272 g/mol. The van der Waals surface area contributed by atoms with Crippen LogP contribution in [-0.4, -0.2) is 11.2 Å². The largest absolute Gasteiger partial charge is 0.293 e. The summed E-state index contributed by atoms with van der Waals surface area (Å²) in [4.78, 5) is 12.2. The van der Waals surface area contributed by atoms with Crippen LogP contribution in [0.5, 0.6) is 0 Å². The van der Waals surface area contributed by atoms with Gasteiger partial charge in [0.05, 0.1) is 5.38 Å². The number of Topliss-reactive ketones (excluding diaryl/α,β-unsaturated/α-hetero) is 1. The number of ketones is 1. The van der Waals surface area contributed by atoms with Crippen molar-refractivity contribution >= 4 is 45.9 Å². The summed E-state index contributed by atoms with van der Waals surface area (Å²) in [5.74, 6) is -0.0734. The molecule has 1 aromatic rings. The summed E-state index contributed by atoms with van der Waals surface area (Å²) in [7, 11) is 0. The Kier molecular flexibility index (Phi) is 3.83. The number of hydrogen-bond donors (Lipinski definition) is 1. The van der Waals surface area contributed by atoms with E-state index < -0.39 is 5.38 Å². The molecule has 0 aliphatic heterocycles. The lowest BCUT2D eigenvalue weighted by Crippen LogP contribution is -2.10. The minimum Gasteiger partial charge on any atom is -0.293 e. The highest BCUT2D eigenvalue weighted by Crippen LogP contribution is 2.22. The number of benzene rings is 1. The van der Waals surface area contributed by atoms with Gasteiger partial charge in [-0.15, -0.1) is 24.2 Å². The smallest absolute Gasteiger partial charge is 0.180 e. The second kappa shape index (κ2) is 4.49. The third-order valence-corrected chi connectivity index (χ3v) is 3.14. The van der Waals surface area contributed by atoms with Crippen LogP contribution < -0.4 is 0 Å². The fourth-order valence-corrected chi connectivity index (χ4v) is 1.53. The van der Waals surface area contributed by atoms with Gasteiger partial charge in [0.25, 0.3) is 0 Å².